The van der Waals surface area contributed by atoms with Crippen molar-refractivity contribution in [2.45, 2.75) is 13.8 Å². The number of aromatic nitrogens is 1. The Labute approximate surface area is 164 Å². The van der Waals surface area contributed by atoms with Crippen molar-refractivity contribution in [3.05, 3.63) is 77.2 Å². The maximum absolute atomic E-state index is 7.48. The second-order valence-electron chi connectivity index (χ2n) is 6.63. The summed E-state index contributed by atoms with van der Waals surface area (Å²) in [7, 11) is 1.60. The van der Waals surface area contributed by atoms with Gasteiger partial charge in [-0.15, -0.1) is 0 Å². The summed E-state index contributed by atoms with van der Waals surface area (Å²) in [5.74, 6) is 1.75. The smallest absolute Gasteiger partial charge is 0.213 e. The van der Waals surface area contributed by atoms with Crippen LogP contribution in [0, 0.1) is 11.3 Å². The fourth-order valence-electron chi connectivity index (χ4n) is 2.74. The van der Waals surface area contributed by atoms with E-state index >= 15 is 0 Å². The molecular formula is C21H24N6O. The molecule has 5 N–H and O–H groups in total. The summed E-state index contributed by atoms with van der Waals surface area (Å²) >= 11 is 0. The molecule has 0 unspecified atom stereocenters. The molecule has 7 nitrogen and oxygen atoms in total. The Kier molecular flexibility index (Phi) is 5.74. The normalized spacial score (nSPS) is 16.7. The Hall–Kier alpha value is -3.61. The molecule has 0 saturated carbocycles. The molecule has 0 spiro atoms. The Morgan fingerprint density at radius 1 is 1.32 bits per heavy atom. The van der Waals surface area contributed by atoms with Gasteiger partial charge in [0.05, 0.1) is 18.5 Å². The monoisotopic (exact) mass is 376 g/mol. The van der Waals surface area contributed by atoms with Gasteiger partial charge in [-0.3, -0.25) is 0 Å². The molecule has 3 rings (SSSR count). The van der Waals surface area contributed by atoms with Crippen LogP contribution >= 0.6 is 0 Å². The molecule has 1 aromatic heterocycles. The molecule has 28 heavy (non-hydrogen) atoms. The van der Waals surface area contributed by atoms with E-state index < -0.39 is 0 Å². The van der Waals surface area contributed by atoms with Crippen LogP contribution in [0.25, 0.3) is 5.57 Å². The van der Waals surface area contributed by atoms with Gasteiger partial charge in [-0.25, -0.2) is 9.98 Å². The number of methoxy groups -OCH3 is 1. The number of aliphatic imine (C=N–C) groups is 1. The van der Waals surface area contributed by atoms with Crippen LogP contribution in [0.2, 0.25) is 0 Å². The van der Waals surface area contributed by atoms with E-state index in [0.717, 1.165) is 28.1 Å². The van der Waals surface area contributed by atoms with Crippen molar-refractivity contribution in [2.75, 3.05) is 7.11 Å². The van der Waals surface area contributed by atoms with Crippen LogP contribution in [0.15, 0.2) is 76.6 Å². The minimum Gasteiger partial charge on any atom is -0.481 e. The number of nitrogens with two attached hydrogens (primary N) is 1. The Morgan fingerprint density at radius 3 is 2.86 bits per heavy atom. The predicted octanol–water partition coefficient (Wildman–Crippen LogP) is 2.84. The topological polar surface area (TPSA) is 108 Å². The summed E-state index contributed by atoms with van der Waals surface area (Å²) in [6, 6.07) is 3.80. The van der Waals surface area contributed by atoms with E-state index in [4.69, 9.17) is 15.9 Å². The Bertz CT molecular complexity index is 963. The number of hydrogen-bond acceptors (Lipinski definition) is 6. The van der Waals surface area contributed by atoms with E-state index in [1.807, 2.05) is 50.4 Å². The van der Waals surface area contributed by atoms with E-state index in [-0.39, 0.29) is 5.92 Å². The number of pyridine rings is 1. The first-order chi connectivity index (χ1) is 13.5. The third-order valence-corrected chi connectivity index (χ3v) is 4.32. The zero-order valence-corrected chi connectivity index (χ0v) is 16.2. The second kappa shape index (κ2) is 8.39. The first kappa shape index (κ1) is 19.2. The van der Waals surface area contributed by atoms with Gasteiger partial charge in [0.2, 0.25) is 5.88 Å². The number of nitrogens with zero attached hydrogens (tertiary/aromatic N) is 2. The summed E-state index contributed by atoms with van der Waals surface area (Å²) in [6.45, 7) is 4.02. The molecule has 144 valence electrons. The third kappa shape index (κ3) is 4.37. The molecular weight excluding hydrogens is 352 g/mol. The van der Waals surface area contributed by atoms with Gasteiger partial charge >= 0.3 is 0 Å². The van der Waals surface area contributed by atoms with E-state index in [0.29, 0.717) is 17.5 Å². The Balaban J connectivity index is 1.82. The van der Waals surface area contributed by atoms with E-state index in [1.165, 1.54) is 6.21 Å². The average molecular weight is 376 g/mol. The Morgan fingerprint density at radius 2 is 2.14 bits per heavy atom. The summed E-state index contributed by atoms with van der Waals surface area (Å²) in [4.78, 5) is 8.57. The molecule has 0 saturated heterocycles. The van der Waals surface area contributed by atoms with Gasteiger partial charge < -0.3 is 26.5 Å². The third-order valence-electron chi connectivity index (χ3n) is 4.32. The van der Waals surface area contributed by atoms with Gasteiger partial charge in [-0.1, -0.05) is 13.8 Å². The predicted molar refractivity (Wildman–Crippen MR) is 113 cm³/mol. The number of rotatable bonds is 6. The molecule has 3 heterocycles. The summed E-state index contributed by atoms with van der Waals surface area (Å²) in [6.07, 6.45) is 12.5. The van der Waals surface area contributed by atoms with Gasteiger partial charge in [-0.2, -0.15) is 0 Å². The lowest BCUT2D eigenvalue weighted by Gasteiger charge is -2.23. The molecule has 0 amide bonds. The lowest BCUT2D eigenvalue weighted by Crippen LogP contribution is -2.26. The van der Waals surface area contributed by atoms with Crippen LogP contribution in [0.3, 0.4) is 0 Å². The first-order valence-corrected chi connectivity index (χ1v) is 8.94. The van der Waals surface area contributed by atoms with Gasteiger partial charge in [0, 0.05) is 30.3 Å². The van der Waals surface area contributed by atoms with Crippen molar-refractivity contribution in [3.63, 3.8) is 0 Å². The van der Waals surface area contributed by atoms with Crippen molar-refractivity contribution in [3.8, 4) is 5.88 Å². The number of amidine groups is 1. The van der Waals surface area contributed by atoms with Crippen LogP contribution < -0.4 is 21.1 Å². The number of nitrogens with one attached hydrogen (secondary N) is 3. The number of hydrogen-bond donors (Lipinski definition) is 4. The van der Waals surface area contributed by atoms with Crippen LogP contribution in [0.4, 0.5) is 0 Å². The summed E-state index contributed by atoms with van der Waals surface area (Å²) < 4.78 is 5.20. The van der Waals surface area contributed by atoms with E-state index in [1.54, 1.807) is 19.4 Å². The highest BCUT2D eigenvalue weighted by Crippen LogP contribution is 2.26. The molecule has 1 aromatic rings. The summed E-state index contributed by atoms with van der Waals surface area (Å²) in [5.41, 5.74) is 10.7. The number of ether oxygens (including phenoxy) is 1. The quantitative estimate of drug-likeness (QED) is 0.451. The largest absolute Gasteiger partial charge is 0.481 e. The standard InChI is InChI=1S/C21H24N6O/c1-13(2)15(11-22)9-19(23)27-20-5-4-17-18(26-20)8-16(12-25-17)14-6-7-24-21(10-14)28-3/h4-13,22,25-26H,1-3H3,(H2,23,27). The fraction of sp³-hybridized carbons (Fsp3) is 0.190. The van der Waals surface area contributed by atoms with E-state index in [2.05, 4.69) is 20.6 Å². The van der Waals surface area contributed by atoms with Crippen LogP contribution in [-0.2, 0) is 0 Å². The van der Waals surface area contributed by atoms with Crippen molar-refractivity contribution in [1.29, 1.82) is 5.41 Å². The molecule has 2 aliphatic rings. The number of allylic oxidation sites excluding steroid dienone is 5. The maximum atomic E-state index is 7.48. The maximum Gasteiger partial charge on any atom is 0.213 e. The fourth-order valence-corrected chi connectivity index (χ4v) is 2.74. The van der Waals surface area contributed by atoms with Crippen molar-refractivity contribution < 1.29 is 4.74 Å². The molecule has 7 heteroatoms. The van der Waals surface area contributed by atoms with Crippen LogP contribution in [-0.4, -0.2) is 24.1 Å². The zero-order chi connectivity index (χ0) is 20.1. The molecule has 0 bridgehead atoms. The average Bonchev–Trinajstić information content (AvgIpc) is 2.71. The van der Waals surface area contributed by atoms with Gasteiger partial charge in [0.1, 0.15) is 11.7 Å². The van der Waals surface area contributed by atoms with Crippen LogP contribution in [0.1, 0.15) is 19.4 Å². The minimum atomic E-state index is 0.210. The SMILES string of the molecule is COc1cc(C2=CNC3=CC=C(N=C(N)C=C(C=N)C(C)C)NC3=C2)ccn1. The second-order valence-corrected chi connectivity index (χ2v) is 6.63. The lowest BCUT2D eigenvalue weighted by molar-refractivity contribution is 0.398. The van der Waals surface area contributed by atoms with Gasteiger partial charge in [0.15, 0.2) is 0 Å². The van der Waals surface area contributed by atoms with E-state index in [9.17, 15) is 0 Å². The zero-order valence-electron chi connectivity index (χ0n) is 16.2. The first-order valence-electron chi connectivity index (χ1n) is 8.94. The number of dihydropyridines is 2. The highest BCUT2D eigenvalue weighted by Gasteiger charge is 2.16. The molecule has 0 radical (unpaired) electrons. The molecule has 0 fully saturated rings. The molecule has 0 aliphatic carbocycles. The number of fused-ring (bicyclic) bond motifs is 1. The van der Waals surface area contributed by atoms with Crippen molar-refractivity contribution in [2.24, 2.45) is 16.6 Å². The molecule has 2 aliphatic heterocycles. The van der Waals surface area contributed by atoms with Gasteiger partial charge in [0.25, 0.3) is 0 Å². The molecule has 0 atom stereocenters. The minimum absolute atomic E-state index is 0.210. The lowest BCUT2D eigenvalue weighted by atomic mass is 10.0. The van der Waals surface area contributed by atoms with Crippen molar-refractivity contribution in [1.82, 2.24) is 15.6 Å². The van der Waals surface area contributed by atoms with Crippen molar-refractivity contribution >= 4 is 17.6 Å². The molecule has 0 aromatic carbocycles. The highest BCUT2D eigenvalue weighted by molar-refractivity contribution is 5.97. The van der Waals surface area contributed by atoms with Gasteiger partial charge in [-0.05, 0) is 47.4 Å². The highest BCUT2D eigenvalue weighted by atomic mass is 16.5. The summed E-state index contributed by atoms with van der Waals surface area (Å²) in [5, 5.41) is 14.0. The van der Waals surface area contributed by atoms with Crippen LogP contribution in [0.5, 0.6) is 5.88 Å².